The molecule has 0 aliphatic rings. The summed E-state index contributed by atoms with van der Waals surface area (Å²) in [6.45, 7) is 3.66. The maximum atomic E-state index is 13.4. The number of aryl methyl sites for hydroxylation is 1. The molecule has 2 aromatic rings. The Hall–Kier alpha value is -1.68. The zero-order chi connectivity index (χ0) is 13.1. The van der Waals surface area contributed by atoms with E-state index in [1.165, 1.54) is 6.07 Å². The zero-order valence-electron chi connectivity index (χ0n) is 10.2. The number of anilines is 2. The van der Waals surface area contributed by atoms with Gasteiger partial charge < -0.3 is 5.32 Å². The summed E-state index contributed by atoms with van der Waals surface area (Å²) < 4.78 is 13.4. The van der Waals surface area contributed by atoms with Gasteiger partial charge in [0.15, 0.2) is 0 Å². The van der Waals surface area contributed by atoms with Gasteiger partial charge in [-0.2, -0.15) is 0 Å². The van der Waals surface area contributed by atoms with Crippen LogP contribution in [-0.2, 0) is 6.42 Å². The fraction of sp³-hybridized carbons (Fsp3) is 0.231. The van der Waals surface area contributed by atoms with E-state index in [1.807, 2.05) is 6.92 Å². The molecule has 94 valence electrons. The average Bonchev–Trinajstić information content (AvgIpc) is 2.34. The molecule has 0 radical (unpaired) electrons. The molecule has 0 atom stereocenters. The highest BCUT2D eigenvalue weighted by atomic mass is 35.5. The highest BCUT2D eigenvalue weighted by Gasteiger charge is 2.06. The third-order valence-electron chi connectivity index (χ3n) is 2.59. The molecule has 0 aliphatic heterocycles. The van der Waals surface area contributed by atoms with E-state index in [1.54, 1.807) is 25.1 Å². The summed E-state index contributed by atoms with van der Waals surface area (Å²) in [6, 6.07) is 6.48. The quantitative estimate of drug-likeness (QED) is 0.856. The first-order valence-corrected chi connectivity index (χ1v) is 6.03. The second kappa shape index (κ2) is 5.31. The molecule has 0 unspecified atom stereocenters. The molecule has 3 nitrogen and oxygen atoms in total. The van der Waals surface area contributed by atoms with Gasteiger partial charge in [-0.15, -0.1) is 0 Å². The normalized spacial score (nSPS) is 10.4. The van der Waals surface area contributed by atoms with E-state index in [0.29, 0.717) is 34.5 Å². The van der Waals surface area contributed by atoms with E-state index in [2.05, 4.69) is 15.3 Å². The summed E-state index contributed by atoms with van der Waals surface area (Å²) in [4.78, 5) is 8.36. The molecule has 1 N–H and O–H groups in total. The van der Waals surface area contributed by atoms with Crippen LogP contribution in [-0.4, -0.2) is 9.97 Å². The Labute approximate surface area is 110 Å². The number of aromatic nitrogens is 2. The van der Waals surface area contributed by atoms with Crippen LogP contribution in [0.25, 0.3) is 0 Å². The van der Waals surface area contributed by atoms with Gasteiger partial charge in [0.1, 0.15) is 22.6 Å². The van der Waals surface area contributed by atoms with E-state index in [4.69, 9.17) is 11.6 Å². The van der Waals surface area contributed by atoms with Crippen molar-refractivity contribution in [2.45, 2.75) is 20.3 Å². The summed E-state index contributed by atoms with van der Waals surface area (Å²) in [5.74, 6) is 0.968. The van der Waals surface area contributed by atoms with Gasteiger partial charge in [-0.05, 0) is 19.1 Å². The average molecular weight is 266 g/mol. The molecule has 1 heterocycles. The van der Waals surface area contributed by atoms with Gasteiger partial charge in [-0.3, -0.25) is 0 Å². The number of benzene rings is 1. The van der Waals surface area contributed by atoms with Gasteiger partial charge in [-0.1, -0.05) is 24.6 Å². The second-order valence-electron chi connectivity index (χ2n) is 3.88. The molecule has 0 spiro atoms. The van der Waals surface area contributed by atoms with E-state index in [0.717, 1.165) is 0 Å². The van der Waals surface area contributed by atoms with E-state index in [9.17, 15) is 4.39 Å². The maximum Gasteiger partial charge on any atom is 0.135 e. The Bertz CT molecular complexity index is 572. The van der Waals surface area contributed by atoms with Crippen LogP contribution >= 0.6 is 11.6 Å². The number of hydrogen-bond donors (Lipinski definition) is 1. The monoisotopic (exact) mass is 265 g/mol. The van der Waals surface area contributed by atoms with Crippen molar-refractivity contribution in [3.05, 3.63) is 46.6 Å². The number of hydrogen-bond acceptors (Lipinski definition) is 3. The lowest BCUT2D eigenvalue weighted by Crippen LogP contribution is -2.01. The Balaban J connectivity index is 2.34. The summed E-state index contributed by atoms with van der Waals surface area (Å²) in [5.41, 5.74) is 1.22. The summed E-state index contributed by atoms with van der Waals surface area (Å²) >= 11 is 5.90. The van der Waals surface area contributed by atoms with Crippen molar-refractivity contribution < 1.29 is 4.39 Å². The predicted molar refractivity (Wildman–Crippen MR) is 70.8 cm³/mol. The first-order valence-electron chi connectivity index (χ1n) is 5.65. The van der Waals surface area contributed by atoms with Crippen LogP contribution in [0.3, 0.4) is 0 Å². The smallest absolute Gasteiger partial charge is 0.135 e. The first-order chi connectivity index (χ1) is 8.60. The Morgan fingerprint density at radius 1 is 1.33 bits per heavy atom. The topological polar surface area (TPSA) is 37.8 Å². The Kier molecular flexibility index (Phi) is 3.77. The van der Waals surface area contributed by atoms with Crippen molar-refractivity contribution in [1.29, 1.82) is 0 Å². The van der Waals surface area contributed by atoms with Gasteiger partial charge in [0.25, 0.3) is 0 Å². The van der Waals surface area contributed by atoms with Crippen LogP contribution in [0.5, 0.6) is 0 Å². The van der Waals surface area contributed by atoms with E-state index >= 15 is 0 Å². The van der Waals surface area contributed by atoms with Crippen molar-refractivity contribution in [3.8, 4) is 0 Å². The molecule has 0 saturated heterocycles. The van der Waals surface area contributed by atoms with Gasteiger partial charge in [0.2, 0.25) is 0 Å². The minimum Gasteiger partial charge on any atom is -0.340 e. The fourth-order valence-corrected chi connectivity index (χ4v) is 1.77. The van der Waals surface area contributed by atoms with Gasteiger partial charge in [0, 0.05) is 23.7 Å². The molecule has 0 amide bonds. The number of halogens is 2. The largest absolute Gasteiger partial charge is 0.340 e. The van der Waals surface area contributed by atoms with Crippen molar-refractivity contribution in [3.63, 3.8) is 0 Å². The highest BCUT2D eigenvalue weighted by molar-refractivity contribution is 6.29. The van der Waals surface area contributed by atoms with Crippen LogP contribution in [0.4, 0.5) is 15.9 Å². The molecule has 5 heteroatoms. The first kappa shape index (κ1) is 12.8. The summed E-state index contributed by atoms with van der Waals surface area (Å²) in [5, 5.41) is 3.43. The van der Waals surface area contributed by atoms with Crippen LogP contribution in [0.1, 0.15) is 18.3 Å². The lowest BCUT2D eigenvalue weighted by Gasteiger charge is -2.10. The molecule has 0 aliphatic carbocycles. The van der Waals surface area contributed by atoms with Crippen molar-refractivity contribution in [2.75, 3.05) is 5.32 Å². The van der Waals surface area contributed by atoms with Gasteiger partial charge in [-0.25, -0.2) is 14.4 Å². The predicted octanol–water partition coefficient (Wildman–Crippen LogP) is 3.88. The van der Waals surface area contributed by atoms with Crippen molar-refractivity contribution in [1.82, 2.24) is 9.97 Å². The molecule has 0 bridgehead atoms. The minimum atomic E-state index is -0.254. The fourth-order valence-electron chi connectivity index (χ4n) is 1.57. The van der Waals surface area contributed by atoms with Crippen LogP contribution in [0.15, 0.2) is 24.3 Å². The molecule has 2 rings (SSSR count). The Morgan fingerprint density at radius 3 is 2.83 bits per heavy atom. The van der Waals surface area contributed by atoms with E-state index < -0.39 is 0 Å². The third-order valence-corrected chi connectivity index (χ3v) is 2.78. The SMILES string of the molecule is CCc1nc(Cl)cc(Nc2cccc(F)c2C)n1. The van der Waals surface area contributed by atoms with Crippen molar-refractivity contribution >= 4 is 23.1 Å². The van der Waals surface area contributed by atoms with Crippen LogP contribution < -0.4 is 5.32 Å². The second-order valence-corrected chi connectivity index (χ2v) is 4.27. The standard InChI is InChI=1S/C13H13ClFN3/c1-3-12-17-11(14)7-13(18-12)16-10-6-4-5-9(15)8(10)2/h4-7H,3H2,1-2H3,(H,16,17,18). The van der Waals surface area contributed by atoms with Gasteiger partial charge in [0.05, 0.1) is 0 Å². The lowest BCUT2D eigenvalue weighted by atomic mass is 10.2. The molecule has 1 aromatic carbocycles. The van der Waals surface area contributed by atoms with Crippen LogP contribution in [0, 0.1) is 12.7 Å². The number of nitrogens with one attached hydrogen (secondary N) is 1. The molecule has 0 saturated carbocycles. The molecular weight excluding hydrogens is 253 g/mol. The number of rotatable bonds is 3. The van der Waals surface area contributed by atoms with E-state index in [-0.39, 0.29) is 5.82 Å². The van der Waals surface area contributed by atoms with Crippen LogP contribution in [0.2, 0.25) is 5.15 Å². The minimum absolute atomic E-state index is 0.254. The van der Waals surface area contributed by atoms with Gasteiger partial charge >= 0.3 is 0 Å². The third kappa shape index (κ3) is 2.76. The number of nitrogens with zero attached hydrogens (tertiary/aromatic N) is 2. The molecule has 18 heavy (non-hydrogen) atoms. The Morgan fingerprint density at radius 2 is 2.11 bits per heavy atom. The molecule has 1 aromatic heterocycles. The maximum absolute atomic E-state index is 13.4. The summed E-state index contributed by atoms with van der Waals surface area (Å²) in [7, 11) is 0. The highest BCUT2D eigenvalue weighted by Crippen LogP contribution is 2.22. The lowest BCUT2D eigenvalue weighted by molar-refractivity contribution is 0.619. The van der Waals surface area contributed by atoms with Crippen molar-refractivity contribution in [2.24, 2.45) is 0 Å². The molecular formula is C13H13ClFN3. The molecule has 0 fully saturated rings. The summed E-state index contributed by atoms with van der Waals surface area (Å²) in [6.07, 6.45) is 0.692. The zero-order valence-corrected chi connectivity index (χ0v) is 10.9.